The summed E-state index contributed by atoms with van der Waals surface area (Å²) < 4.78 is 1.59. The molecule has 1 aliphatic rings. The van der Waals surface area contributed by atoms with E-state index < -0.39 is 0 Å². The van der Waals surface area contributed by atoms with Gasteiger partial charge in [0.05, 0.1) is 17.6 Å². The Kier molecular flexibility index (Phi) is 3.86. The number of aromatic nitrogens is 4. The van der Waals surface area contributed by atoms with Gasteiger partial charge in [0, 0.05) is 4.88 Å². The Morgan fingerprint density at radius 2 is 2.17 bits per heavy atom. The third-order valence-corrected chi connectivity index (χ3v) is 5.19. The maximum absolute atomic E-state index is 12.4. The lowest BCUT2D eigenvalue weighted by atomic mass is 9.93. The normalized spacial score (nSPS) is 16.6. The van der Waals surface area contributed by atoms with Gasteiger partial charge in [-0.05, 0) is 37.3 Å². The lowest BCUT2D eigenvalue weighted by Crippen LogP contribution is -2.12. The maximum Gasteiger partial charge on any atom is 0.279 e. The molecule has 3 aromatic rings. The lowest BCUT2D eigenvalue weighted by molar-refractivity contribution is 0.102. The van der Waals surface area contributed by atoms with Crippen molar-refractivity contribution in [2.24, 2.45) is 5.92 Å². The van der Waals surface area contributed by atoms with Gasteiger partial charge in [-0.1, -0.05) is 30.3 Å². The van der Waals surface area contributed by atoms with Crippen molar-refractivity contribution in [2.45, 2.75) is 26.2 Å². The van der Waals surface area contributed by atoms with E-state index in [0.29, 0.717) is 11.0 Å². The highest BCUT2D eigenvalue weighted by molar-refractivity contribution is 7.15. The number of carbonyl (C=O) groups excluding carboxylic acids is 1. The number of hydrogen-bond acceptors (Lipinski definition) is 5. The number of anilines is 1. The molecule has 0 aliphatic heterocycles. The van der Waals surface area contributed by atoms with E-state index in [1.807, 2.05) is 30.3 Å². The Hall–Kier alpha value is -2.54. The van der Waals surface area contributed by atoms with Crippen LogP contribution < -0.4 is 5.32 Å². The number of nitrogens with zero attached hydrogens (tertiary/aromatic N) is 4. The highest BCUT2D eigenvalue weighted by atomic mass is 32.1. The first-order chi connectivity index (χ1) is 11.7. The third-order valence-electron chi connectivity index (χ3n) is 4.15. The second-order valence-electron chi connectivity index (χ2n) is 6.07. The number of fused-ring (bicyclic) bond motifs is 1. The van der Waals surface area contributed by atoms with Gasteiger partial charge in [0.25, 0.3) is 5.91 Å². The van der Waals surface area contributed by atoms with Crippen LogP contribution >= 0.6 is 11.3 Å². The maximum atomic E-state index is 12.4. The molecule has 0 saturated carbocycles. The van der Waals surface area contributed by atoms with E-state index in [1.165, 1.54) is 4.88 Å². The first-order valence-electron chi connectivity index (χ1n) is 7.97. The fourth-order valence-electron chi connectivity index (χ4n) is 2.83. The van der Waals surface area contributed by atoms with E-state index in [1.54, 1.807) is 22.2 Å². The summed E-state index contributed by atoms with van der Waals surface area (Å²) in [5.41, 5.74) is 2.27. The molecule has 24 heavy (non-hydrogen) atoms. The minimum absolute atomic E-state index is 0.278. The Labute approximate surface area is 143 Å². The molecule has 122 valence electrons. The van der Waals surface area contributed by atoms with Crippen molar-refractivity contribution in [3.63, 3.8) is 0 Å². The summed E-state index contributed by atoms with van der Waals surface area (Å²) in [5, 5.41) is 11.5. The van der Waals surface area contributed by atoms with E-state index in [-0.39, 0.29) is 11.6 Å². The summed E-state index contributed by atoms with van der Waals surface area (Å²) in [6.45, 7) is 2.25. The standard InChI is InChI=1S/C17H17N5OS/c1-11-7-8-13-15(9-11)24-17(18-13)19-16(23)14-10-22(21-20-14)12-5-3-2-4-6-12/h2-6,10-11H,7-9H2,1H3,(H,18,19,23). The average Bonchev–Trinajstić information content (AvgIpc) is 3.22. The Balaban J connectivity index is 1.50. The number of amides is 1. The Bertz CT molecular complexity index is 870. The van der Waals surface area contributed by atoms with Crippen molar-refractivity contribution in [1.29, 1.82) is 0 Å². The fourth-order valence-corrected chi connectivity index (χ4v) is 4.00. The molecule has 7 heteroatoms. The van der Waals surface area contributed by atoms with Crippen molar-refractivity contribution in [3.05, 3.63) is 52.8 Å². The molecule has 0 bridgehead atoms. The van der Waals surface area contributed by atoms with Crippen LogP contribution in [0.4, 0.5) is 5.13 Å². The topological polar surface area (TPSA) is 72.7 Å². The van der Waals surface area contributed by atoms with Gasteiger partial charge in [-0.2, -0.15) is 0 Å². The smallest absolute Gasteiger partial charge is 0.279 e. The van der Waals surface area contributed by atoms with Crippen molar-refractivity contribution in [3.8, 4) is 5.69 Å². The van der Waals surface area contributed by atoms with Crippen LogP contribution in [0.5, 0.6) is 0 Å². The second kappa shape index (κ2) is 6.16. The molecule has 1 aromatic carbocycles. The van der Waals surface area contributed by atoms with Crippen LogP contribution in [0.3, 0.4) is 0 Å². The van der Waals surface area contributed by atoms with Gasteiger partial charge in [-0.25, -0.2) is 9.67 Å². The molecule has 0 fully saturated rings. The number of thiazole rings is 1. The molecular weight excluding hydrogens is 322 g/mol. The van der Waals surface area contributed by atoms with Crippen LogP contribution in [-0.4, -0.2) is 25.9 Å². The number of para-hydroxylation sites is 1. The van der Waals surface area contributed by atoms with Crippen LogP contribution in [0, 0.1) is 5.92 Å². The molecule has 2 heterocycles. The highest BCUT2D eigenvalue weighted by Crippen LogP contribution is 2.32. The molecule has 1 aliphatic carbocycles. The van der Waals surface area contributed by atoms with Crippen LogP contribution in [-0.2, 0) is 12.8 Å². The fraction of sp³-hybridized carbons (Fsp3) is 0.294. The van der Waals surface area contributed by atoms with E-state index in [2.05, 4.69) is 27.5 Å². The molecule has 1 amide bonds. The number of hydrogen-bond donors (Lipinski definition) is 1. The minimum Gasteiger partial charge on any atom is -0.296 e. The van der Waals surface area contributed by atoms with Gasteiger partial charge < -0.3 is 0 Å². The quantitative estimate of drug-likeness (QED) is 0.796. The van der Waals surface area contributed by atoms with Gasteiger partial charge in [0.2, 0.25) is 0 Å². The minimum atomic E-state index is -0.281. The van der Waals surface area contributed by atoms with Gasteiger partial charge in [0.1, 0.15) is 0 Å². The SMILES string of the molecule is CC1CCc2nc(NC(=O)c3cn(-c4ccccc4)nn3)sc2C1. The van der Waals surface area contributed by atoms with Crippen LogP contribution in [0.15, 0.2) is 36.5 Å². The zero-order chi connectivity index (χ0) is 16.5. The molecule has 2 aromatic heterocycles. The number of rotatable bonds is 3. The zero-order valence-corrected chi connectivity index (χ0v) is 14.1. The largest absolute Gasteiger partial charge is 0.296 e. The molecule has 0 saturated heterocycles. The molecule has 0 spiro atoms. The summed E-state index contributed by atoms with van der Waals surface area (Å²) in [6.07, 6.45) is 4.83. The molecule has 1 atom stereocenters. The van der Waals surface area contributed by atoms with Crippen molar-refractivity contribution < 1.29 is 4.79 Å². The first kappa shape index (κ1) is 15.0. The third kappa shape index (κ3) is 2.94. The van der Waals surface area contributed by atoms with Crippen LogP contribution in [0.25, 0.3) is 5.69 Å². The number of nitrogens with one attached hydrogen (secondary N) is 1. The summed E-state index contributed by atoms with van der Waals surface area (Å²) >= 11 is 1.57. The molecule has 4 rings (SSSR count). The molecule has 6 nitrogen and oxygen atoms in total. The number of carbonyl (C=O) groups is 1. The van der Waals surface area contributed by atoms with E-state index >= 15 is 0 Å². The van der Waals surface area contributed by atoms with Crippen LogP contribution in [0.1, 0.15) is 34.4 Å². The highest BCUT2D eigenvalue weighted by Gasteiger charge is 2.21. The average molecular weight is 339 g/mol. The van der Waals surface area contributed by atoms with Crippen molar-refractivity contribution in [2.75, 3.05) is 5.32 Å². The number of benzene rings is 1. The molecule has 1 unspecified atom stereocenters. The van der Waals surface area contributed by atoms with Crippen LogP contribution in [0.2, 0.25) is 0 Å². The van der Waals surface area contributed by atoms with Gasteiger partial charge >= 0.3 is 0 Å². The van der Waals surface area contributed by atoms with E-state index in [9.17, 15) is 4.79 Å². The summed E-state index contributed by atoms with van der Waals surface area (Å²) in [6, 6.07) is 9.58. The zero-order valence-electron chi connectivity index (χ0n) is 13.3. The van der Waals surface area contributed by atoms with Gasteiger partial charge in [-0.15, -0.1) is 16.4 Å². The van der Waals surface area contributed by atoms with Crippen molar-refractivity contribution in [1.82, 2.24) is 20.0 Å². The number of aryl methyl sites for hydroxylation is 1. The first-order valence-corrected chi connectivity index (χ1v) is 8.78. The van der Waals surface area contributed by atoms with Crippen molar-refractivity contribution >= 4 is 22.4 Å². The summed E-state index contributed by atoms with van der Waals surface area (Å²) in [4.78, 5) is 18.2. The van der Waals surface area contributed by atoms with Gasteiger partial charge in [0.15, 0.2) is 10.8 Å². The van der Waals surface area contributed by atoms with E-state index in [4.69, 9.17) is 0 Å². The summed E-state index contributed by atoms with van der Waals surface area (Å²) in [7, 11) is 0. The Morgan fingerprint density at radius 1 is 1.33 bits per heavy atom. The monoisotopic (exact) mass is 339 g/mol. The Morgan fingerprint density at radius 3 is 3.00 bits per heavy atom. The predicted octanol–water partition coefficient (Wildman–Crippen LogP) is 3.10. The molecule has 0 radical (unpaired) electrons. The van der Waals surface area contributed by atoms with E-state index in [0.717, 1.165) is 30.6 Å². The lowest BCUT2D eigenvalue weighted by Gasteiger charge is -2.15. The van der Waals surface area contributed by atoms with Gasteiger partial charge in [-0.3, -0.25) is 10.1 Å². The molecule has 1 N–H and O–H groups in total. The second-order valence-corrected chi connectivity index (χ2v) is 7.16. The predicted molar refractivity (Wildman–Crippen MR) is 92.6 cm³/mol. The molecular formula is C17H17N5OS. The summed E-state index contributed by atoms with van der Waals surface area (Å²) in [5.74, 6) is 0.406.